The van der Waals surface area contributed by atoms with E-state index in [1.165, 1.54) is 13.8 Å². The number of alkyl halides is 1. The summed E-state index contributed by atoms with van der Waals surface area (Å²) >= 11 is 0. The largest absolute Gasteiger partial charge is 0.307 e. The van der Waals surface area contributed by atoms with Gasteiger partial charge in [0.05, 0.1) is 6.54 Å². The van der Waals surface area contributed by atoms with Gasteiger partial charge in [-0.05, 0) is 13.8 Å². The van der Waals surface area contributed by atoms with Crippen LogP contribution in [0.25, 0.3) is 0 Å². The summed E-state index contributed by atoms with van der Waals surface area (Å²) in [5, 5.41) is 2.66. The summed E-state index contributed by atoms with van der Waals surface area (Å²) < 4.78 is 12.0. The molecule has 0 heterocycles. The molecule has 9 heavy (non-hydrogen) atoms. The lowest BCUT2D eigenvalue weighted by atomic mass is 10.4. The predicted octanol–water partition coefficient (Wildman–Crippen LogP) is 0.523. The van der Waals surface area contributed by atoms with Crippen molar-refractivity contribution in [1.82, 2.24) is 5.32 Å². The van der Waals surface area contributed by atoms with Crippen LogP contribution in [-0.2, 0) is 4.79 Å². The summed E-state index contributed by atoms with van der Waals surface area (Å²) in [5.74, 6) is 0.0376. The van der Waals surface area contributed by atoms with Gasteiger partial charge in [0, 0.05) is 6.54 Å². The maximum Gasteiger partial charge on any atom is 0.143 e. The Hall–Kier alpha value is -0.440. The Morgan fingerprint density at radius 1 is 1.78 bits per heavy atom. The van der Waals surface area contributed by atoms with Gasteiger partial charge in [-0.15, -0.1) is 0 Å². The fourth-order valence-corrected chi connectivity index (χ4v) is 0.447. The first-order chi connectivity index (χ1) is 4.13. The van der Waals surface area contributed by atoms with Crippen LogP contribution in [0.15, 0.2) is 0 Å². The minimum atomic E-state index is -0.871. The molecule has 0 unspecified atom stereocenters. The third-order valence-corrected chi connectivity index (χ3v) is 0.800. The first-order valence-corrected chi connectivity index (χ1v) is 2.97. The molecule has 0 bridgehead atoms. The SMILES string of the molecule is CC(=O)CNC[C@@H](C)F. The van der Waals surface area contributed by atoms with Crippen LogP contribution in [0.2, 0.25) is 0 Å². The van der Waals surface area contributed by atoms with Crippen LogP contribution < -0.4 is 5.32 Å². The van der Waals surface area contributed by atoms with Gasteiger partial charge in [0.1, 0.15) is 12.0 Å². The fraction of sp³-hybridized carbons (Fsp3) is 0.833. The smallest absolute Gasteiger partial charge is 0.143 e. The first kappa shape index (κ1) is 8.56. The van der Waals surface area contributed by atoms with Crippen LogP contribution in [0.4, 0.5) is 4.39 Å². The average Bonchev–Trinajstić information content (AvgIpc) is 1.63. The molecule has 0 aromatic heterocycles. The molecular formula is C6H12FNO. The molecule has 2 nitrogen and oxygen atoms in total. The molecule has 0 saturated carbocycles. The number of ketones is 1. The van der Waals surface area contributed by atoms with Crippen LogP contribution >= 0.6 is 0 Å². The van der Waals surface area contributed by atoms with Crippen molar-refractivity contribution in [2.75, 3.05) is 13.1 Å². The maximum absolute atomic E-state index is 12.0. The number of hydrogen-bond acceptors (Lipinski definition) is 2. The van der Waals surface area contributed by atoms with Crippen LogP contribution in [0.1, 0.15) is 13.8 Å². The number of carbonyl (C=O) groups excluding carboxylic acids is 1. The van der Waals surface area contributed by atoms with E-state index >= 15 is 0 Å². The lowest BCUT2D eigenvalue weighted by Gasteiger charge is -2.00. The van der Waals surface area contributed by atoms with Crippen LogP contribution in [0, 0.1) is 0 Å². The molecule has 0 amide bonds. The molecule has 0 aromatic carbocycles. The van der Waals surface area contributed by atoms with Crippen molar-refractivity contribution in [3.63, 3.8) is 0 Å². The van der Waals surface area contributed by atoms with Gasteiger partial charge in [0.2, 0.25) is 0 Å². The number of Topliss-reactive ketones (excluding diaryl/α,β-unsaturated/α-hetero) is 1. The Bertz CT molecular complexity index is 93.1. The second kappa shape index (κ2) is 4.44. The highest BCUT2D eigenvalue weighted by atomic mass is 19.1. The van der Waals surface area contributed by atoms with E-state index in [-0.39, 0.29) is 18.9 Å². The minimum absolute atomic E-state index is 0.0376. The number of rotatable bonds is 4. The van der Waals surface area contributed by atoms with Gasteiger partial charge in [-0.1, -0.05) is 0 Å². The molecule has 0 rings (SSSR count). The molecule has 0 aliphatic rings. The Balaban J connectivity index is 3.01. The maximum atomic E-state index is 12.0. The van der Waals surface area contributed by atoms with E-state index in [0.717, 1.165) is 0 Å². The Kier molecular flexibility index (Phi) is 4.22. The molecular weight excluding hydrogens is 121 g/mol. The molecule has 0 aliphatic carbocycles. The van der Waals surface area contributed by atoms with Gasteiger partial charge in [0.25, 0.3) is 0 Å². The topological polar surface area (TPSA) is 29.1 Å². The molecule has 0 fully saturated rings. The second-order valence-electron chi connectivity index (χ2n) is 2.11. The van der Waals surface area contributed by atoms with Crippen molar-refractivity contribution < 1.29 is 9.18 Å². The summed E-state index contributed by atoms with van der Waals surface area (Å²) in [5.41, 5.74) is 0. The summed E-state index contributed by atoms with van der Waals surface area (Å²) in [6.45, 7) is 3.46. The monoisotopic (exact) mass is 133 g/mol. The van der Waals surface area contributed by atoms with Crippen LogP contribution in [-0.4, -0.2) is 25.0 Å². The van der Waals surface area contributed by atoms with Crippen molar-refractivity contribution in [3.05, 3.63) is 0 Å². The quantitative estimate of drug-likeness (QED) is 0.606. The molecule has 0 aromatic rings. The molecule has 1 atom stereocenters. The Morgan fingerprint density at radius 2 is 2.33 bits per heavy atom. The lowest BCUT2D eigenvalue weighted by molar-refractivity contribution is -0.116. The number of hydrogen-bond donors (Lipinski definition) is 1. The second-order valence-corrected chi connectivity index (χ2v) is 2.11. The zero-order valence-electron chi connectivity index (χ0n) is 5.78. The average molecular weight is 133 g/mol. The van der Waals surface area contributed by atoms with Gasteiger partial charge in [-0.25, -0.2) is 4.39 Å². The zero-order valence-corrected chi connectivity index (χ0v) is 5.78. The number of carbonyl (C=O) groups is 1. The van der Waals surface area contributed by atoms with E-state index in [9.17, 15) is 9.18 Å². The van der Waals surface area contributed by atoms with E-state index in [2.05, 4.69) is 5.32 Å². The number of halogens is 1. The molecule has 0 saturated heterocycles. The van der Waals surface area contributed by atoms with Crippen LogP contribution in [0.5, 0.6) is 0 Å². The molecule has 1 N–H and O–H groups in total. The van der Waals surface area contributed by atoms with Gasteiger partial charge in [-0.2, -0.15) is 0 Å². The highest BCUT2D eigenvalue weighted by molar-refractivity contribution is 5.77. The Labute approximate surface area is 54.4 Å². The Morgan fingerprint density at radius 3 is 2.67 bits per heavy atom. The van der Waals surface area contributed by atoms with Crippen LogP contribution in [0.3, 0.4) is 0 Å². The fourth-order valence-electron chi connectivity index (χ4n) is 0.447. The first-order valence-electron chi connectivity index (χ1n) is 2.97. The molecule has 0 spiro atoms. The molecule has 54 valence electrons. The summed E-state index contributed by atoms with van der Waals surface area (Å²) in [7, 11) is 0. The summed E-state index contributed by atoms with van der Waals surface area (Å²) in [4.78, 5) is 10.2. The van der Waals surface area contributed by atoms with Gasteiger partial charge < -0.3 is 5.32 Å². The van der Waals surface area contributed by atoms with Gasteiger partial charge in [0.15, 0.2) is 0 Å². The third kappa shape index (κ3) is 7.56. The van der Waals surface area contributed by atoms with Crippen molar-refractivity contribution >= 4 is 5.78 Å². The molecule has 3 heteroatoms. The van der Waals surface area contributed by atoms with E-state index < -0.39 is 6.17 Å². The minimum Gasteiger partial charge on any atom is -0.307 e. The van der Waals surface area contributed by atoms with Crippen molar-refractivity contribution in [3.8, 4) is 0 Å². The molecule has 0 aliphatic heterocycles. The van der Waals surface area contributed by atoms with Crippen molar-refractivity contribution in [1.29, 1.82) is 0 Å². The summed E-state index contributed by atoms with van der Waals surface area (Å²) in [6.07, 6.45) is -0.871. The van der Waals surface area contributed by atoms with Crippen molar-refractivity contribution in [2.24, 2.45) is 0 Å². The van der Waals surface area contributed by atoms with Crippen molar-refractivity contribution in [2.45, 2.75) is 20.0 Å². The highest BCUT2D eigenvalue weighted by Crippen LogP contribution is 1.82. The van der Waals surface area contributed by atoms with E-state index in [0.29, 0.717) is 0 Å². The van der Waals surface area contributed by atoms with Gasteiger partial charge in [-0.3, -0.25) is 4.79 Å². The third-order valence-electron chi connectivity index (χ3n) is 0.800. The standard InChI is InChI=1S/C6H12FNO/c1-5(7)3-8-4-6(2)9/h5,8H,3-4H2,1-2H3/t5-/m1/s1. The van der Waals surface area contributed by atoms with E-state index in [1.54, 1.807) is 0 Å². The number of nitrogens with one attached hydrogen (secondary N) is 1. The highest BCUT2D eigenvalue weighted by Gasteiger charge is 1.96. The predicted molar refractivity (Wildman–Crippen MR) is 34.1 cm³/mol. The zero-order chi connectivity index (χ0) is 7.28. The summed E-state index contributed by atoms with van der Waals surface area (Å²) in [6, 6.07) is 0. The molecule has 0 radical (unpaired) electrons. The normalized spacial score (nSPS) is 13.2. The van der Waals surface area contributed by atoms with Gasteiger partial charge >= 0.3 is 0 Å². The van der Waals surface area contributed by atoms with E-state index in [4.69, 9.17) is 0 Å². The van der Waals surface area contributed by atoms with E-state index in [1.807, 2.05) is 0 Å². The lowest BCUT2D eigenvalue weighted by Crippen LogP contribution is -2.26.